The first kappa shape index (κ1) is 61.1. The molecule has 1 unspecified atom stereocenters. The minimum atomic E-state index is -0.825. The fourth-order valence-electron chi connectivity index (χ4n) is 6.89. The molecule has 0 heterocycles. The Kier molecular flexibility index (Phi) is 49.5. The number of allylic oxidation sites excluding steroid dienone is 18. The topological polar surface area (TPSA) is 78.9 Å². The summed E-state index contributed by atoms with van der Waals surface area (Å²) in [6.45, 7) is 6.31. The molecule has 0 aromatic rings. The normalized spacial score (nSPS) is 13.0. The van der Waals surface area contributed by atoms with E-state index in [-0.39, 0.29) is 44.0 Å². The zero-order valence-electron chi connectivity index (χ0n) is 42.0. The average Bonchev–Trinajstić information content (AvgIpc) is 3.30. The second kappa shape index (κ2) is 52.7. The molecule has 0 aromatic carbocycles. The minimum Gasteiger partial charge on any atom is -0.462 e. The van der Waals surface area contributed by atoms with Gasteiger partial charge in [-0.2, -0.15) is 0 Å². The van der Waals surface area contributed by atoms with Crippen LogP contribution in [0.15, 0.2) is 109 Å². The van der Waals surface area contributed by atoms with Crippen LogP contribution in [0.5, 0.6) is 0 Å². The molecule has 0 spiro atoms. The molecule has 0 aliphatic heterocycles. The first-order valence-electron chi connectivity index (χ1n) is 26.4. The fraction of sp³-hybridized carbons (Fsp3) is 0.644. The number of ether oxygens (including phenoxy) is 3. The smallest absolute Gasteiger partial charge is 0.306 e. The molecular weight excluding hydrogens is 805 g/mol. The summed E-state index contributed by atoms with van der Waals surface area (Å²) in [6.07, 6.45) is 70.8. The molecule has 0 aliphatic carbocycles. The summed E-state index contributed by atoms with van der Waals surface area (Å²) < 4.78 is 16.7. The maximum Gasteiger partial charge on any atom is 0.306 e. The predicted octanol–water partition coefficient (Wildman–Crippen LogP) is 17.5. The number of carbonyl (C=O) groups excluding carboxylic acids is 3. The zero-order chi connectivity index (χ0) is 47.2. The Balaban J connectivity index is 4.55. The average molecular weight is 901 g/mol. The highest BCUT2D eigenvalue weighted by atomic mass is 16.6. The summed E-state index contributed by atoms with van der Waals surface area (Å²) in [6, 6.07) is 0. The van der Waals surface area contributed by atoms with Crippen molar-refractivity contribution in [2.75, 3.05) is 13.2 Å². The summed E-state index contributed by atoms with van der Waals surface area (Å²) in [7, 11) is 0. The number of carbonyl (C=O) groups is 3. The van der Waals surface area contributed by atoms with Crippen molar-refractivity contribution in [1.29, 1.82) is 0 Å². The van der Waals surface area contributed by atoms with Crippen molar-refractivity contribution < 1.29 is 28.6 Å². The first-order chi connectivity index (χ1) is 32.0. The van der Waals surface area contributed by atoms with E-state index in [0.29, 0.717) is 19.3 Å². The third-order valence-electron chi connectivity index (χ3n) is 10.8. The van der Waals surface area contributed by atoms with E-state index in [0.717, 1.165) is 96.3 Å². The Morgan fingerprint density at radius 2 is 0.631 bits per heavy atom. The summed E-state index contributed by atoms with van der Waals surface area (Å²) in [5.74, 6) is -1.03. The molecular formula is C59H96O6. The van der Waals surface area contributed by atoms with E-state index in [2.05, 4.69) is 118 Å². The molecule has 0 bridgehead atoms. The molecule has 1 atom stereocenters. The lowest BCUT2D eigenvalue weighted by Crippen LogP contribution is -2.30. The van der Waals surface area contributed by atoms with Crippen molar-refractivity contribution in [2.24, 2.45) is 0 Å². The van der Waals surface area contributed by atoms with Crippen molar-refractivity contribution in [2.45, 2.75) is 232 Å². The van der Waals surface area contributed by atoms with Crippen LogP contribution < -0.4 is 0 Å². The van der Waals surface area contributed by atoms with Crippen LogP contribution in [-0.4, -0.2) is 37.2 Å². The van der Waals surface area contributed by atoms with Gasteiger partial charge in [0.05, 0.1) is 0 Å². The highest BCUT2D eigenvalue weighted by molar-refractivity contribution is 5.71. The molecule has 6 heteroatoms. The Morgan fingerprint density at radius 3 is 1.03 bits per heavy atom. The van der Waals surface area contributed by atoms with E-state index in [9.17, 15) is 14.4 Å². The van der Waals surface area contributed by atoms with Crippen LogP contribution in [0.1, 0.15) is 226 Å². The van der Waals surface area contributed by atoms with Crippen LogP contribution in [0.3, 0.4) is 0 Å². The molecule has 0 rings (SSSR count). The van der Waals surface area contributed by atoms with Gasteiger partial charge in [-0.15, -0.1) is 0 Å². The summed E-state index contributed by atoms with van der Waals surface area (Å²) in [5.41, 5.74) is 0. The van der Waals surface area contributed by atoms with Gasteiger partial charge in [-0.25, -0.2) is 0 Å². The molecule has 368 valence electrons. The zero-order valence-corrected chi connectivity index (χ0v) is 42.0. The second-order valence-electron chi connectivity index (χ2n) is 17.0. The third kappa shape index (κ3) is 50.9. The molecule has 6 nitrogen and oxygen atoms in total. The van der Waals surface area contributed by atoms with E-state index < -0.39 is 6.10 Å². The summed E-state index contributed by atoms with van der Waals surface area (Å²) in [4.78, 5) is 38.0. The lowest BCUT2D eigenvalue weighted by atomic mass is 10.0. The van der Waals surface area contributed by atoms with E-state index in [1.165, 1.54) is 77.0 Å². The van der Waals surface area contributed by atoms with Gasteiger partial charge >= 0.3 is 17.9 Å². The maximum atomic E-state index is 12.8. The van der Waals surface area contributed by atoms with Gasteiger partial charge < -0.3 is 14.2 Å². The number of unbranched alkanes of at least 4 members (excludes halogenated alkanes) is 17. The van der Waals surface area contributed by atoms with E-state index in [1.807, 2.05) is 12.2 Å². The van der Waals surface area contributed by atoms with Crippen molar-refractivity contribution >= 4 is 17.9 Å². The number of hydrogen-bond donors (Lipinski definition) is 0. The summed E-state index contributed by atoms with van der Waals surface area (Å²) >= 11 is 0. The lowest BCUT2D eigenvalue weighted by Gasteiger charge is -2.18. The summed E-state index contributed by atoms with van der Waals surface area (Å²) in [5, 5.41) is 0. The molecule has 0 saturated heterocycles. The number of rotatable bonds is 46. The van der Waals surface area contributed by atoms with Gasteiger partial charge in [0.2, 0.25) is 0 Å². The van der Waals surface area contributed by atoms with E-state index >= 15 is 0 Å². The Hall–Kier alpha value is -3.93. The number of hydrogen-bond acceptors (Lipinski definition) is 6. The van der Waals surface area contributed by atoms with Gasteiger partial charge in [0.15, 0.2) is 6.10 Å². The van der Waals surface area contributed by atoms with E-state index in [1.54, 1.807) is 0 Å². The van der Waals surface area contributed by atoms with Gasteiger partial charge in [0.1, 0.15) is 13.2 Å². The van der Waals surface area contributed by atoms with Gasteiger partial charge in [0, 0.05) is 19.3 Å². The monoisotopic (exact) mass is 901 g/mol. The first-order valence-corrected chi connectivity index (χ1v) is 26.4. The highest BCUT2D eigenvalue weighted by Gasteiger charge is 2.19. The second-order valence-corrected chi connectivity index (χ2v) is 17.0. The van der Waals surface area contributed by atoms with Gasteiger partial charge in [-0.05, 0) is 89.9 Å². The van der Waals surface area contributed by atoms with Gasteiger partial charge in [0.25, 0.3) is 0 Å². The molecule has 65 heavy (non-hydrogen) atoms. The standard InChI is InChI=1S/C59H96O6/c1-4-7-10-13-16-19-22-25-28-31-34-37-40-43-46-49-52-58(61)64-55-56(54-63-57(60)51-48-45-42-39-36-33-30-27-24-21-18-15-12-9-6-3)65-59(62)53-50-47-44-41-38-35-32-29-26-23-20-17-14-11-8-5-2/h7-8,10-11,16-17,19-20,25-26,28-29,34-35,37-38,43,46,56H,4-6,9,12-15,18,21-24,27,30-33,36,39-42,44-45,47-55H2,1-3H3/b10-7-,11-8-,19-16-,20-17-,28-25-,29-26-,37-34-,38-35-,46-43-. The van der Waals surface area contributed by atoms with Crippen LogP contribution in [-0.2, 0) is 28.6 Å². The molecule has 0 aliphatic rings. The Bertz CT molecular complexity index is 1360. The SMILES string of the molecule is CC/C=C\C/C=C\C/C=C\C/C=C\C/C=C\CCC(=O)OCC(COC(=O)CCCCCCCCCCCCCCCCC)OC(=O)CCCCC/C=C\C/C=C\C/C=C\C/C=C\CC. The Morgan fingerprint density at radius 1 is 0.323 bits per heavy atom. The molecule has 0 aromatic heterocycles. The van der Waals surface area contributed by atoms with E-state index in [4.69, 9.17) is 14.2 Å². The maximum absolute atomic E-state index is 12.8. The van der Waals surface area contributed by atoms with Crippen LogP contribution in [0.25, 0.3) is 0 Å². The van der Waals surface area contributed by atoms with Crippen molar-refractivity contribution in [3.63, 3.8) is 0 Å². The largest absolute Gasteiger partial charge is 0.462 e. The van der Waals surface area contributed by atoms with Gasteiger partial charge in [-0.3, -0.25) is 14.4 Å². The van der Waals surface area contributed by atoms with Crippen LogP contribution in [0.2, 0.25) is 0 Å². The lowest BCUT2D eigenvalue weighted by molar-refractivity contribution is -0.166. The molecule has 0 saturated carbocycles. The van der Waals surface area contributed by atoms with Gasteiger partial charge in [-0.1, -0.05) is 226 Å². The third-order valence-corrected chi connectivity index (χ3v) is 10.8. The highest BCUT2D eigenvalue weighted by Crippen LogP contribution is 2.15. The molecule has 0 N–H and O–H groups in total. The predicted molar refractivity (Wildman–Crippen MR) is 279 cm³/mol. The molecule has 0 amide bonds. The van der Waals surface area contributed by atoms with Crippen LogP contribution in [0, 0.1) is 0 Å². The van der Waals surface area contributed by atoms with Crippen LogP contribution >= 0.6 is 0 Å². The van der Waals surface area contributed by atoms with Crippen molar-refractivity contribution in [3.8, 4) is 0 Å². The minimum absolute atomic E-state index is 0.114. The van der Waals surface area contributed by atoms with Crippen LogP contribution in [0.4, 0.5) is 0 Å². The van der Waals surface area contributed by atoms with Crippen molar-refractivity contribution in [3.05, 3.63) is 109 Å². The quantitative estimate of drug-likeness (QED) is 0.0262. The molecule has 0 fully saturated rings. The number of esters is 3. The Labute approximate surface area is 400 Å². The fourth-order valence-corrected chi connectivity index (χ4v) is 6.89. The van der Waals surface area contributed by atoms with Crippen molar-refractivity contribution in [1.82, 2.24) is 0 Å². The molecule has 0 radical (unpaired) electrons.